The number of hydrogen-bond donors (Lipinski definition) is 1. The summed E-state index contributed by atoms with van der Waals surface area (Å²) in [6.07, 6.45) is 2.61. The molecule has 6 heteroatoms. The first-order chi connectivity index (χ1) is 10.6. The molecule has 0 fully saturated rings. The highest BCUT2D eigenvalue weighted by Gasteiger charge is 2.13. The summed E-state index contributed by atoms with van der Waals surface area (Å²) < 4.78 is 1.75. The predicted octanol–water partition coefficient (Wildman–Crippen LogP) is 3.23. The number of aromatic amines is 1. The minimum atomic E-state index is -0.139. The van der Waals surface area contributed by atoms with Crippen LogP contribution in [0.3, 0.4) is 0 Å². The Hall–Kier alpha value is -2.08. The second-order valence-electron chi connectivity index (χ2n) is 5.23. The molecule has 1 aromatic carbocycles. The van der Waals surface area contributed by atoms with E-state index in [0.29, 0.717) is 16.2 Å². The number of hydrogen-bond acceptors (Lipinski definition) is 4. The van der Waals surface area contributed by atoms with E-state index in [2.05, 4.69) is 41.9 Å². The maximum Gasteiger partial charge on any atom is 0.262 e. The first kappa shape index (κ1) is 14.8. The van der Waals surface area contributed by atoms with Crippen LogP contribution >= 0.6 is 11.8 Å². The summed E-state index contributed by atoms with van der Waals surface area (Å²) in [7, 11) is 0. The van der Waals surface area contributed by atoms with Crippen molar-refractivity contribution in [3.05, 3.63) is 45.9 Å². The van der Waals surface area contributed by atoms with Crippen molar-refractivity contribution in [2.75, 3.05) is 5.75 Å². The smallest absolute Gasteiger partial charge is 0.262 e. The molecule has 0 atom stereocenters. The minimum absolute atomic E-state index is 0.139. The van der Waals surface area contributed by atoms with E-state index in [1.165, 1.54) is 5.56 Å². The number of aryl methyl sites for hydroxylation is 1. The molecule has 0 radical (unpaired) electrons. The van der Waals surface area contributed by atoms with Crippen LogP contribution in [0.2, 0.25) is 0 Å². The predicted molar refractivity (Wildman–Crippen MR) is 90.0 cm³/mol. The maximum absolute atomic E-state index is 12.2. The highest BCUT2D eigenvalue weighted by molar-refractivity contribution is 7.99. The van der Waals surface area contributed by atoms with E-state index in [-0.39, 0.29) is 5.56 Å². The molecule has 0 aliphatic rings. The number of H-pyrrole nitrogens is 1. The van der Waals surface area contributed by atoms with Crippen molar-refractivity contribution in [3.8, 4) is 5.69 Å². The van der Waals surface area contributed by atoms with Gasteiger partial charge in [0.05, 0.1) is 11.9 Å². The van der Waals surface area contributed by atoms with E-state index in [0.717, 1.165) is 23.4 Å². The summed E-state index contributed by atoms with van der Waals surface area (Å²) in [5, 5.41) is 5.53. The van der Waals surface area contributed by atoms with Gasteiger partial charge in [0.15, 0.2) is 10.8 Å². The van der Waals surface area contributed by atoms with Gasteiger partial charge < -0.3 is 4.98 Å². The molecule has 22 heavy (non-hydrogen) atoms. The van der Waals surface area contributed by atoms with Crippen molar-refractivity contribution < 1.29 is 0 Å². The van der Waals surface area contributed by atoms with Crippen LogP contribution in [-0.4, -0.2) is 25.5 Å². The molecule has 3 rings (SSSR count). The summed E-state index contributed by atoms with van der Waals surface area (Å²) in [5.41, 5.74) is 3.75. The molecule has 0 bridgehead atoms. The Balaban J connectivity index is 2.20. The van der Waals surface area contributed by atoms with Crippen molar-refractivity contribution in [3.63, 3.8) is 0 Å². The van der Waals surface area contributed by atoms with Gasteiger partial charge in [-0.3, -0.25) is 4.79 Å². The highest BCUT2D eigenvalue weighted by atomic mass is 32.2. The van der Waals surface area contributed by atoms with Crippen LogP contribution in [-0.2, 0) is 0 Å². The molecule has 1 N–H and O–H groups in total. The molecular formula is C16H18N4OS. The van der Waals surface area contributed by atoms with Crippen LogP contribution in [0, 0.1) is 13.8 Å². The number of nitrogens with zero attached hydrogens (tertiary/aromatic N) is 3. The molecule has 0 saturated heterocycles. The molecule has 0 unspecified atom stereocenters. The van der Waals surface area contributed by atoms with E-state index in [1.807, 2.05) is 12.1 Å². The SMILES string of the molecule is CCCSc1nc2c(cnn2-c2cccc(C)c2C)c(=O)[nH]1. The van der Waals surface area contributed by atoms with Crippen molar-refractivity contribution in [1.82, 2.24) is 19.7 Å². The Morgan fingerprint density at radius 1 is 1.32 bits per heavy atom. The van der Waals surface area contributed by atoms with Gasteiger partial charge in [-0.15, -0.1) is 0 Å². The van der Waals surface area contributed by atoms with Crippen LogP contribution in [0.15, 0.2) is 34.3 Å². The number of nitrogens with one attached hydrogen (secondary N) is 1. The summed E-state index contributed by atoms with van der Waals surface area (Å²) in [6.45, 7) is 6.22. The van der Waals surface area contributed by atoms with Crippen LogP contribution in [0.1, 0.15) is 24.5 Å². The first-order valence-electron chi connectivity index (χ1n) is 7.29. The van der Waals surface area contributed by atoms with Crippen molar-refractivity contribution in [2.24, 2.45) is 0 Å². The number of thioether (sulfide) groups is 1. The zero-order chi connectivity index (χ0) is 15.7. The van der Waals surface area contributed by atoms with Gasteiger partial charge in [0.25, 0.3) is 5.56 Å². The lowest BCUT2D eigenvalue weighted by Crippen LogP contribution is -2.10. The fourth-order valence-corrected chi connectivity index (χ4v) is 3.02. The molecule has 0 aliphatic heterocycles. The van der Waals surface area contributed by atoms with Gasteiger partial charge in [-0.1, -0.05) is 30.8 Å². The average Bonchev–Trinajstić information content (AvgIpc) is 2.92. The molecular weight excluding hydrogens is 296 g/mol. The van der Waals surface area contributed by atoms with Crippen LogP contribution in [0.5, 0.6) is 0 Å². The van der Waals surface area contributed by atoms with E-state index in [4.69, 9.17) is 0 Å². The van der Waals surface area contributed by atoms with E-state index >= 15 is 0 Å². The topological polar surface area (TPSA) is 63.6 Å². The number of fused-ring (bicyclic) bond motifs is 1. The Bertz CT molecular complexity index is 881. The van der Waals surface area contributed by atoms with E-state index in [1.54, 1.807) is 22.6 Å². The molecule has 0 amide bonds. The summed E-state index contributed by atoms with van der Waals surface area (Å²) in [4.78, 5) is 19.6. The number of benzene rings is 1. The minimum Gasteiger partial charge on any atom is -0.301 e. The second kappa shape index (κ2) is 5.96. The molecule has 0 aliphatic carbocycles. The van der Waals surface area contributed by atoms with Crippen molar-refractivity contribution in [1.29, 1.82) is 0 Å². The normalized spacial score (nSPS) is 11.2. The monoisotopic (exact) mass is 314 g/mol. The third kappa shape index (κ3) is 2.54. The molecule has 114 valence electrons. The van der Waals surface area contributed by atoms with E-state index in [9.17, 15) is 4.79 Å². The maximum atomic E-state index is 12.2. The van der Waals surface area contributed by atoms with Gasteiger partial charge in [-0.25, -0.2) is 9.67 Å². The summed E-state index contributed by atoms with van der Waals surface area (Å²) in [5.74, 6) is 0.923. The third-order valence-corrected chi connectivity index (χ3v) is 4.74. The zero-order valence-corrected chi connectivity index (χ0v) is 13.7. The molecule has 0 spiro atoms. The average molecular weight is 314 g/mol. The fourth-order valence-electron chi connectivity index (χ4n) is 2.31. The zero-order valence-electron chi connectivity index (χ0n) is 12.9. The largest absolute Gasteiger partial charge is 0.301 e. The third-order valence-electron chi connectivity index (χ3n) is 3.66. The Kier molecular flexibility index (Phi) is 4.02. The van der Waals surface area contributed by atoms with Gasteiger partial charge in [-0.05, 0) is 37.5 Å². The molecule has 2 aromatic heterocycles. The molecule has 3 aromatic rings. The highest BCUT2D eigenvalue weighted by Crippen LogP contribution is 2.21. The van der Waals surface area contributed by atoms with Gasteiger partial charge >= 0.3 is 0 Å². The Labute approximate surface area is 132 Å². The Morgan fingerprint density at radius 2 is 2.14 bits per heavy atom. The second-order valence-corrected chi connectivity index (χ2v) is 6.32. The van der Waals surface area contributed by atoms with E-state index < -0.39 is 0 Å². The van der Waals surface area contributed by atoms with Gasteiger partial charge in [0, 0.05) is 5.75 Å². The van der Waals surface area contributed by atoms with Crippen LogP contribution < -0.4 is 5.56 Å². The van der Waals surface area contributed by atoms with Crippen molar-refractivity contribution >= 4 is 22.8 Å². The summed E-state index contributed by atoms with van der Waals surface area (Å²) >= 11 is 1.56. The van der Waals surface area contributed by atoms with Gasteiger partial charge in [0.1, 0.15) is 5.39 Å². The lowest BCUT2D eigenvalue weighted by atomic mass is 10.1. The van der Waals surface area contributed by atoms with Crippen LogP contribution in [0.4, 0.5) is 0 Å². The quantitative estimate of drug-likeness (QED) is 0.593. The van der Waals surface area contributed by atoms with Crippen molar-refractivity contribution in [2.45, 2.75) is 32.3 Å². The van der Waals surface area contributed by atoms with Gasteiger partial charge in [-0.2, -0.15) is 5.10 Å². The van der Waals surface area contributed by atoms with Crippen LogP contribution in [0.25, 0.3) is 16.7 Å². The molecule has 0 saturated carbocycles. The fraction of sp³-hybridized carbons (Fsp3) is 0.312. The molecule has 5 nitrogen and oxygen atoms in total. The lowest BCUT2D eigenvalue weighted by Gasteiger charge is -2.09. The first-order valence-corrected chi connectivity index (χ1v) is 8.27. The van der Waals surface area contributed by atoms with Gasteiger partial charge in [0.2, 0.25) is 0 Å². The lowest BCUT2D eigenvalue weighted by molar-refractivity contribution is 0.865. The number of rotatable bonds is 4. The standard InChI is InChI=1S/C16H18N4OS/c1-4-8-22-16-18-14-12(15(21)19-16)9-17-20(14)13-7-5-6-10(2)11(13)3/h5-7,9H,4,8H2,1-3H3,(H,18,19,21). The Morgan fingerprint density at radius 3 is 2.91 bits per heavy atom. The number of aromatic nitrogens is 4. The molecule has 2 heterocycles. The summed E-state index contributed by atoms with van der Waals surface area (Å²) in [6, 6.07) is 6.05.